The van der Waals surface area contributed by atoms with Gasteiger partial charge in [0, 0.05) is 23.5 Å². The van der Waals surface area contributed by atoms with Crippen molar-refractivity contribution in [1.29, 1.82) is 0 Å². The molecule has 4 heterocycles. The summed E-state index contributed by atoms with van der Waals surface area (Å²) in [5.41, 5.74) is 5.27. The average molecular weight is 445 g/mol. The Kier molecular flexibility index (Phi) is 4.34. The van der Waals surface area contributed by atoms with Crippen molar-refractivity contribution in [2.75, 3.05) is 6.54 Å². The van der Waals surface area contributed by atoms with Gasteiger partial charge in [-0.25, -0.2) is 19.1 Å². The van der Waals surface area contributed by atoms with Crippen molar-refractivity contribution in [3.8, 4) is 11.3 Å². The summed E-state index contributed by atoms with van der Waals surface area (Å²) in [4.78, 5) is 33.7. The number of fused-ring (bicyclic) bond motifs is 2. The molecule has 0 bridgehead atoms. The van der Waals surface area contributed by atoms with Crippen LogP contribution in [0.2, 0.25) is 0 Å². The number of aromatic nitrogens is 3. The van der Waals surface area contributed by atoms with E-state index >= 15 is 0 Å². The maximum atomic E-state index is 12.1. The van der Waals surface area contributed by atoms with E-state index in [1.807, 2.05) is 26.0 Å². The molecule has 0 saturated heterocycles. The Morgan fingerprint density at radius 3 is 2.36 bits per heavy atom. The number of amides is 1. The Hall–Kier alpha value is -2.94. The Morgan fingerprint density at radius 2 is 1.75 bits per heavy atom. The molecule has 0 aliphatic carbocycles. The third kappa shape index (κ3) is 2.91. The number of hydrogen-bond acceptors (Lipinski definition) is 4. The van der Waals surface area contributed by atoms with Crippen molar-refractivity contribution in [3.05, 3.63) is 45.3 Å². The van der Waals surface area contributed by atoms with Gasteiger partial charge in [0.1, 0.15) is 5.52 Å². The number of rotatable bonds is 1. The molecule has 0 spiro atoms. The lowest BCUT2D eigenvalue weighted by atomic mass is 10.0. The second-order valence-corrected chi connectivity index (χ2v) is 7.63. The van der Waals surface area contributed by atoms with Gasteiger partial charge in [-0.15, -0.1) is 0 Å². The van der Waals surface area contributed by atoms with Crippen LogP contribution < -0.4 is 0 Å². The molecule has 3 aromatic rings. The Labute approximate surface area is 168 Å². The molecule has 9 heteroatoms. The molecular formula is C19H17BrN4O4. The lowest BCUT2D eigenvalue weighted by Crippen LogP contribution is -2.35. The van der Waals surface area contributed by atoms with E-state index < -0.39 is 12.2 Å². The fourth-order valence-corrected chi connectivity index (χ4v) is 4.40. The molecule has 0 radical (unpaired) electrons. The fourth-order valence-electron chi connectivity index (χ4n) is 3.70. The first kappa shape index (κ1) is 18.4. The third-order valence-corrected chi connectivity index (χ3v) is 5.61. The van der Waals surface area contributed by atoms with E-state index in [2.05, 4.69) is 25.9 Å². The topological polar surface area (TPSA) is 109 Å². The smallest absolute Gasteiger partial charge is 0.416 e. The monoisotopic (exact) mass is 444 g/mol. The van der Waals surface area contributed by atoms with Gasteiger partial charge in [-0.1, -0.05) is 0 Å². The van der Waals surface area contributed by atoms with Crippen LogP contribution in [0, 0.1) is 13.8 Å². The SMILES string of the molecule is Cc1cc(-c2c(Br)c3nc4c(cc3n2C(=O)O)CCN(C(=O)O)C4)cc(C)n1. The van der Waals surface area contributed by atoms with Crippen LogP contribution in [0.4, 0.5) is 9.59 Å². The number of halogens is 1. The van der Waals surface area contributed by atoms with Crippen molar-refractivity contribution < 1.29 is 19.8 Å². The van der Waals surface area contributed by atoms with Crippen LogP contribution in [-0.2, 0) is 13.0 Å². The zero-order chi connectivity index (χ0) is 20.2. The molecule has 0 unspecified atom stereocenters. The minimum absolute atomic E-state index is 0.189. The van der Waals surface area contributed by atoms with Crippen LogP contribution in [0.25, 0.3) is 22.3 Å². The summed E-state index contributed by atoms with van der Waals surface area (Å²) in [5.74, 6) is 0. The highest BCUT2D eigenvalue weighted by atomic mass is 79.9. The van der Waals surface area contributed by atoms with E-state index in [0.29, 0.717) is 39.9 Å². The number of hydrogen-bond donors (Lipinski definition) is 2. The first-order valence-corrected chi connectivity index (χ1v) is 9.45. The van der Waals surface area contributed by atoms with Gasteiger partial charge in [-0.2, -0.15) is 0 Å². The van der Waals surface area contributed by atoms with Gasteiger partial charge in [0.15, 0.2) is 0 Å². The molecular weight excluding hydrogens is 428 g/mol. The van der Waals surface area contributed by atoms with Crippen molar-refractivity contribution in [3.63, 3.8) is 0 Å². The Balaban J connectivity index is 1.99. The number of carbonyl (C=O) groups is 2. The van der Waals surface area contributed by atoms with Gasteiger partial charge in [-0.3, -0.25) is 4.98 Å². The van der Waals surface area contributed by atoms with E-state index in [0.717, 1.165) is 22.5 Å². The highest BCUT2D eigenvalue weighted by Crippen LogP contribution is 2.38. The summed E-state index contributed by atoms with van der Waals surface area (Å²) in [7, 11) is 0. The largest absolute Gasteiger partial charge is 0.465 e. The maximum absolute atomic E-state index is 12.1. The standard InChI is InChI=1S/C19H17BrN4O4/c1-9-5-12(6-10(2)21-9)17-15(20)16-14(24(17)19(27)28)7-11-3-4-23(18(25)26)8-13(11)22-16/h5-7H,3-4,8H2,1-2H3,(H,25,26)(H,27,28). The summed E-state index contributed by atoms with van der Waals surface area (Å²) in [6.07, 6.45) is -1.60. The van der Waals surface area contributed by atoms with Crippen LogP contribution >= 0.6 is 15.9 Å². The molecule has 0 fully saturated rings. The van der Waals surface area contributed by atoms with Crippen LogP contribution in [0.15, 0.2) is 22.7 Å². The van der Waals surface area contributed by atoms with Gasteiger partial charge in [-0.05, 0) is 60.0 Å². The molecule has 1 amide bonds. The number of pyridine rings is 2. The lowest BCUT2D eigenvalue weighted by Gasteiger charge is -2.25. The van der Waals surface area contributed by atoms with Crippen LogP contribution in [0.5, 0.6) is 0 Å². The zero-order valence-electron chi connectivity index (χ0n) is 15.2. The van der Waals surface area contributed by atoms with Crippen molar-refractivity contribution in [2.45, 2.75) is 26.8 Å². The normalized spacial score (nSPS) is 13.6. The predicted molar refractivity (Wildman–Crippen MR) is 106 cm³/mol. The van der Waals surface area contributed by atoms with Crippen molar-refractivity contribution >= 4 is 39.1 Å². The molecule has 144 valence electrons. The van der Waals surface area contributed by atoms with E-state index in [4.69, 9.17) is 0 Å². The number of carboxylic acid groups (broad SMARTS) is 2. The maximum Gasteiger partial charge on any atom is 0.416 e. The third-order valence-electron chi connectivity index (χ3n) is 4.86. The number of nitrogens with zero attached hydrogens (tertiary/aromatic N) is 4. The molecule has 4 rings (SSSR count). The summed E-state index contributed by atoms with van der Waals surface area (Å²) in [5, 5.41) is 19.2. The Bertz CT molecular complexity index is 1130. The fraction of sp³-hybridized carbons (Fsp3) is 0.263. The molecule has 8 nitrogen and oxygen atoms in total. The first-order valence-electron chi connectivity index (χ1n) is 8.65. The molecule has 1 aliphatic heterocycles. The predicted octanol–water partition coefficient (Wildman–Crippen LogP) is 4.04. The van der Waals surface area contributed by atoms with Crippen molar-refractivity contribution in [1.82, 2.24) is 19.4 Å². The van der Waals surface area contributed by atoms with E-state index in [1.165, 1.54) is 9.47 Å². The molecule has 3 aromatic heterocycles. The van der Waals surface area contributed by atoms with E-state index in [-0.39, 0.29) is 6.54 Å². The molecule has 2 N–H and O–H groups in total. The highest BCUT2D eigenvalue weighted by Gasteiger charge is 2.27. The molecule has 0 atom stereocenters. The number of aryl methyl sites for hydroxylation is 2. The van der Waals surface area contributed by atoms with Crippen LogP contribution in [0.3, 0.4) is 0 Å². The van der Waals surface area contributed by atoms with Crippen LogP contribution in [-0.4, -0.2) is 48.4 Å². The van der Waals surface area contributed by atoms with Gasteiger partial charge in [0.25, 0.3) is 0 Å². The van der Waals surface area contributed by atoms with Gasteiger partial charge < -0.3 is 15.1 Å². The van der Waals surface area contributed by atoms with Gasteiger partial charge in [0.2, 0.25) is 0 Å². The average Bonchev–Trinajstić information content (AvgIpc) is 2.90. The van der Waals surface area contributed by atoms with Gasteiger partial charge >= 0.3 is 12.2 Å². The van der Waals surface area contributed by atoms with Gasteiger partial charge in [0.05, 0.1) is 27.9 Å². The summed E-state index contributed by atoms with van der Waals surface area (Å²) < 4.78 is 1.79. The minimum atomic E-state index is -1.11. The molecule has 28 heavy (non-hydrogen) atoms. The zero-order valence-corrected chi connectivity index (χ0v) is 16.8. The first-order chi connectivity index (χ1) is 13.3. The summed E-state index contributed by atoms with van der Waals surface area (Å²) >= 11 is 3.53. The lowest BCUT2D eigenvalue weighted by molar-refractivity contribution is 0.139. The molecule has 0 aromatic carbocycles. The second kappa shape index (κ2) is 6.59. The summed E-state index contributed by atoms with van der Waals surface area (Å²) in [6.45, 7) is 4.26. The quantitative estimate of drug-likeness (QED) is 0.585. The second-order valence-electron chi connectivity index (χ2n) is 6.84. The molecule has 0 saturated carbocycles. The Morgan fingerprint density at radius 1 is 1.07 bits per heavy atom. The molecule has 1 aliphatic rings. The minimum Gasteiger partial charge on any atom is -0.465 e. The highest BCUT2D eigenvalue weighted by molar-refractivity contribution is 9.10. The van der Waals surface area contributed by atoms with Crippen LogP contribution in [0.1, 0.15) is 22.6 Å². The summed E-state index contributed by atoms with van der Waals surface area (Å²) in [6, 6.07) is 5.47. The van der Waals surface area contributed by atoms with E-state index in [1.54, 1.807) is 6.07 Å². The van der Waals surface area contributed by atoms with Crippen molar-refractivity contribution in [2.24, 2.45) is 0 Å². The van der Waals surface area contributed by atoms with E-state index in [9.17, 15) is 19.8 Å².